The highest BCUT2D eigenvalue weighted by Gasteiger charge is 2.26. The summed E-state index contributed by atoms with van der Waals surface area (Å²) in [4.78, 5) is 22.7. The van der Waals surface area contributed by atoms with Crippen LogP contribution in [-0.2, 0) is 16.1 Å². The fraction of sp³-hybridized carbons (Fsp3) is 0.583. The predicted molar refractivity (Wildman–Crippen MR) is 75.1 cm³/mol. The lowest BCUT2D eigenvalue weighted by Crippen LogP contribution is -2.35. The Balaban J connectivity index is 2.28. The smallest absolute Gasteiger partial charge is 0.345 e. The Hall–Kier alpha value is -2.29. The summed E-state index contributed by atoms with van der Waals surface area (Å²) in [6.45, 7) is 1.33. The molecule has 1 aliphatic rings. The molecular formula is C12H19N5O4. The number of esters is 1. The number of aliphatic carboxylic acids is 1. The maximum atomic E-state index is 11.8. The van der Waals surface area contributed by atoms with Crippen LogP contribution in [-0.4, -0.2) is 53.1 Å². The van der Waals surface area contributed by atoms with E-state index >= 15 is 0 Å². The van der Waals surface area contributed by atoms with Crippen LogP contribution in [0.4, 0.5) is 11.6 Å². The second-order valence-electron chi connectivity index (χ2n) is 4.82. The Kier molecular flexibility index (Phi) is 4.63. The van der Waals surface area contributed by atoms with Crippen molar-refractivity contribution >= 4 is 23.6 Å². The average Bonchev–Trinajstić information content (AvgIpc) is 2.75. The zero-order chi connectivity index (χ0) is 15.4. The number of ether oxygens (including phenoxy) is 1. The molecule has 0 atom stereocenters. The first-order chi connectivity index (χ1) is 10.0. The number of methoxy groups -OCH3 is 1. The van der Waals surface area contributed by atoms with E-state index in [1.54, 1.807) is 0 Å². The van der Waals surface area contributed by atoms with Gasteiger partial charge in [0.05, 0.1) is 7.11 Å². The first-order valence-electron chi connectivity index (χ1n) is 6.66. The normalized spacial score (nSPS) is 15.7. The van der Waals surface area contributed by atoms with Gasteiger partial charge in [0.25, 0.3) is 0 Å². The summed E-state index contributed by atoms with van der Waals surface area (Å²) in [5.41, 5.74) is 5.90. The van der Waals surface area contributed by atoms with Crippen molar-refractivity contribution in [3.8, 4) is 0 Å². The summed E-state index contributed by atoms with van der Waals surface area (Å²) >= 11 is 0. The lowest BCUT2D eigenvalue weighted by Gasteiger charge is -2.23. The summed E-state index contributed by atoms with van der Waals surface area (Å²) in [5.74, 6) is -1.47. The molecule has 0 spiro atoms. The van der Waals surface area contributed by atoms with Crippen molar-refractivity contribution in [1.29, 1.82) is 0 Å². The average molecular weight is 297 g/mol. The van der Waals surface area contributed by atoms with Crippen LogP contribution in [0.5, 0.6) is 0 Å². The van der Waals surface area contributed by atoms with Crippen molar-refractivity contribution in [3.05, 3.63) is 5.56 Å². The molecule has 0 aromatic carbocycles. The molecule has 116 valence electrons. The molecule has 1 fully saturated rings. The van der Waals surface area contributed by atoms with Gasteiger partial charge in [-0.3, -0.25) is 4.79 Å². The first kappa shape index (κ1) is 15.1. The predicted octanol–water partition coefficient (Wildman–Crippen LogP) is -0.500. The van der Waals surface area contributed by atoms with Gasteiger partial charge < -0.3 is 26.2 Å². The minimum atomic E-state index is -1.09. The second kappa shape index (κ2) is 6.44. The monoisotopic (exact) mass is 297 g/mol. The van der Waals surface area contributed by atoms with Crippen LogP contribution in [0.3, 0.4) is 0 Å². The van der Waals surface area contributed by atoms with Crippen LogP contribution in [0.25, 0.3) is 0 Å². The number of carboxylic acid groups (broad SMARTS) is 1. The molecule has 1 saturated heterocycles. The first-order valence-corrected chi connectivity index (χ1v) is 6.66. The number of hydrogen-bond acceptors (Lipinski definition) is 7. The second-order valence-corrected chi connectivity index (χ2v) is 4.82. The number of rotatable bonds is 5. The molecule has 21 heavy (non-hydrogen) atoms. The molecule has 2 heterocycles. The van der Waals surface area contributed by atoms with Crippen molar-refractivity contribution in [1.82, 2.24) is 15.1 Å². The minimum absolute atomic E-state index is 0.0133. The fourth-order valence-electron chi connectivity index (χ4n) is 2.29. The molecule has 2 rings (SSSR count). The van der Waals surface area contributed by atoms with E-state index in [2.05, 4.69) is 15.7 Å². The largest absolute Gasteiger partial charge is 0.480 e. The van der Waals surface area contributed by atoms with Gasteiger partial charge in [0.15, 0.2) is 5.82 Å². The van der Waals surface area contributed by atoms with Gasteiger partial charge in [-0.2, -0.15) is 5.10 Å². The van der Waals surface area contributed by atoms with Crippen molar-refractivity contribution in [2.24, 2.45) is 0 Å². The Morgan fingerprint density at radius 1 is 1.52 bits per heavy atom. The zero-order valence-electron chi connectivity index (χ0n) is 11.8. The molecular weight excluding hydrogens is 278 g/mol. The number of hydrogen-bond donors (Lipinski definition) is 4. The van der Waals surface area contributed by atoms with E-state index in [1.807, 2.05) is 0 Å². The fourth-order valence-corrected chi connectivity index (χ4v) is 2.29. The van der Waals surface area contributed by atoms with Crippen LogP contribution in [0.2, 0.25) is 0 Å². The molecule has 0 aliphatic carbocycles. The third kappa shape index (κ3) is 3.43. The van der Waals surface area contributed by atoms with Gasteiger partial charge in [0.2, 0.25) is 0 Å². The lowest BCUT2D eigenvalue weighted by atomic mass is 10.1. The van der Waals surface area contributed by atoms with Crippen molar-refractivity contribution in [3.63, 3.8) is 0 Å². The van der Waals surface area contributed by atoms with Crippen molar-refractivity contribution in [2.45, 2.75) is 25.4 Å². The standard InChI is InChI=1S/C12H19N5O4/c1-21-12(20)9-10(13)17(6-8(18)19)16-11(9)15-7-2-4-14-5-3-7/h7,14H,2-6,13H2,1H3,(H,15,16)(H,18,19). The maximum Gasteiger partial charge on any atom is 0.345 e. The summed E-state index contributed by atoms with van der Waals surface area (Å²) in [5, 5.41) is 19.3. The van der Waals surface area contributed by atoms with Gasteiger partial charge in [-0.05, 0) is 25.9 Å². The van der Waals surface area contributed by atoms with Gasteiger partial charge in [-0.15, -0.1) is 0 Å². The highest BCUT2D eigenvalue weighted by molar-refractivity contribution is 5.99. The van der Waals surface area contributed by atoms with E-state index in [0.29, 0.717) is 0 Å². The van der Waals surface area contributed by atoms with Crippen LogP contribution in [0.15, 0.2) is 0 Å². The number of carbonyl (C=O) groups is 2. The molecule has 9 heteroatoms. The van der Waals surface area contributed by atoms with E-state index in [0.717, 1.165) is 30.6 Å². The van der Waals surface area contributed by atoms with Crippen LogP contribution in [0.1, 0.15) is 23.2 Å². The lowest BCUT2D eigenvalue weighted by molar-refractivity contribution is -0.137. The van der Waals surface area contributed by atoms with Crippen molar-refractivity contribution in [2.75, 3.05) is 31.2 Å². The molecule has 0 saturated carbocycles. The summed E-state index contributed by atoms with van der Waals surface area (Å²) < 4.78 is 5.77. The van der Waals surface area contributed by atoms with Crippen LogP contribution >= 0.6 is 0 Å². The van der Waals surface area contributed by atoms with Gasteiger partial charge in [-0.25, -0.2) is 9.48 Å². The van der Waals surface area contributed by atoms with Crippen LogP contribution in [0, 0.1) is 0 Å². The summed E-state index contributed by atoms with van der Waals surface area (Å²) in [7, 11) is 1.24. The Labute approximate surface area is 121 Å². The van der Waals surface area contributed by atoms with E-state index in [9.17, 15) is 9.59 Å². The third-order valence-corrected chi connectivity index (χ3v) is 3.35. The minimum Gasteiger partial charge on any atom is -0.480 e. The van der Waals surface area contributed by atoms with E-state index in [-0.39, 0.29) is 23.2 Å². The Morgan fingerprint density at radius 3 is 2.76 bits per heavy atom. The maximum absolute atomic E-state index is 11.8. The number of nitrogens with zero attached hydrogens (tertiary/aromatic N) is 2. The molecule has 0 amide bonds. The number of piperidine rings is 1. The molecule has 0 unspecified atom stereocenters. The third-order valence-electron chi connectivity index (χ3n) is 3.35. The SMILES string of the molecule is COC(=O)c1c(NC2CCNCC2)nn(CC(=O)O)c1N. The molecule has 1 aromatic heterocycles. The highest BCUT2D eigenvalue weighted by Crippen LogP contribution is 2.24. The number of anilines is 2. The van der Waals surface area contributed by atoms with Crippen molar-refractivity contribution < 1.29 is 19.4 Å². The van der Waals surface area contributed by atoms with Gasteiger partial charge in [0, 0.05) is 6.04 Å². The molecule has 9 nitrogen and oxygen atoms in total. The van der Waals surface area contributed by atoms with E-state index in [4.69, 9.17) is 15.6 Å². The number of carboxylic acids is 1. The molecule has 1 aromatic rings. The number of aromatic nitrogens is 2. The molecule has 0 bridgehead atoms. The highest BCUT2D eigenvalue weighted by atomic mass is 16.5. The molecule has 0 radical (unpaired) electrons. The summed E-state index contributed by atoms with van der Waals surface area (Å²) in [6, 6.07) is 0.155. The number of nitrogen functional groups attached to an aromatic ring is 1. The summed E-state index contributed by atoms with van der Waals surface area (Å²) in [6.07, 6.45) is 1.76. The Morgan fingerprint density at radius 2 is 2.19 bits per heavy atom. The molecule has 1 aliphatic heterocycles. The molecule has 5 N–H and O–H groups in total. The van der Waals surface area contributed by atoms with E-state index in [1.165, 1.54) is 7.11 Å². The van der Waals surface area contributed by atoms with Gasteiger partial charge in [-0.1, -0.05) is 0 Å². The number of nitrogens with two attached hydrogens (primary N) is 1. The van der Waals surface area contributed by atoms with Gasteiger partial charge >= 0.3 is 11.9 Å². The van der Waals surface area contributed by atoms with E-state index < -0.39 is 18.5 Å². The zero-order valence-corrected chi connectivity index (χ0v) is 11.8. The van der Waals surface area contributed by atoms with Gasteiger partial charge in [0.1, 0.15) is 17.9 Å². The quantitative estimate of drug-likeness (QED) is 0.535. The number of nitrogens with one attached hydrogen (secondary N) is 2. The topological polar surface area (TPSA) is 132 Å². The van der Waals surface area contributed by atoms with Crippen LogP contribution < -0.4 is 16.4 Å². The Bertz CT molecular complexity index is 536. The number of carbonyl (C=O) groups excluding carboxylic acids is 1.